The van der Waals surface area contributed by atoms with Crippen molar-refractivity contribution in [3.05, 3.63) is 23.3 Å². The van der Waals surface area contributed by atoms with Crippen molar-refractivity contribution in [2.24, 2.45) is 0 Å². The minimum absolute atomic E-state index is 0.175. The van der Waals surface area contributed by atoms with Crippen LogP contribution < -0.4 is 9.47 Å². The Labute approximate surface area is 98.6 Å². The van der Waals surface area contributed by atoms with Gasteiger partial charge in [-0.15, -0.1) is 0 Å². The Balaban J connectivity index is 2.59. The summed E-state index contributed by atoms with van der Waals surface area (Å²) in [5, 5.41) is 19.0. The van der Waals surface area contributed by atoms with Crippen molar-refractivity contribution in [3.63, 3.8) is 0 Å². The molecule has 2 atom stereocenters. The van der Waals surface area contributed by atoms with Gasteiger partial charge in [0.05, 0.1) is 26.2 Å². The van der Waals surface area contributed by atoms with E-state index in [9.17, 15) is 9.90 Å². The molecule has 2 unspecified atom stereocenters. The number of benzene rings is 1. The molecule has 1 aromatic rings. The largest absolute Gasteiger partial charge is 0.497 e. The Morgan fingerprint density at radius 3 is 2.59 bits per heavy atom. The number of aliphatic hydroxyl groups is 1. The van der Waals surface area contributed by atoms with Crippen molar-refractivity contribution in [1.29, 1.82) is 0 Å². The van der Waals surface area contributed by atoms with Crippen molar-refractivity contribution in [2.45, 2.75) is 18.4 Å². The van der Waals surface area contributed by atoms with Crippen LogP contribution in [0.4, 0.5) is 0 Å². The van der Waals surface area contributed by atoms with Gasteiger partial charge in [0.1, 0.15) is 11.5 Å². The lowest BCUT2D eigenvalue weighted by molar-refractivity contribution is -0.139. The van der Waals surface area contributed by atoms with Gasteiger partial charge >= 0.3 is 5.97 Å². The summed E-state index contributed by atoms with van der Waals surface area (Å²) < 4.78 is 10.3. The standard InChI is InChI=1S/C12H14O5/c1-16-6-3-7-8(12(14)15)5-9(13)11(7)10(4-6)17-2/h3-4,8-9,13H,5H2,1-2H3,(H,14,15). The lowest BCUT2D eigenvalue weighted by Gasteiger charge is -2.12. The van der Waals surface area contributed by atoms with Gasteiger partial charge in [-0.05, 0) is 18.1 Å². The van der Waals surface area contributed by atoms with Crippen LogP contribution in [0.5, 0.6) is 11.5 Å². The molecule has 1 aliphatic carbocycles. The van der Waals surface area contributed by atoms with E-state index in [2.05, 4.69) is 0 Å². The Morgan fingerprint density at radius 2 is 2.06 bits per heavy atom. The average molecular weight is 238 g/mol. The molecule has 0 bridgehead atoms. The third-order valence-electron chi connectivity index (χ3n) is 3.07. The van der Waals surface area contributed by atoms with Gasteiger partial charge in [-0.2, -0.15) is 0 Å². The first-order chi connectivity index (χ1) is 8.08. The van der Waals surface area contributed by atoms with E-state index in [1.54, 1.807) is 12.1 Å². The summed E-state index contributed by atoms with van der Waals surface area (Å²) in [4.78, 5) is 11.1. The van der Waals surface area contributed by atoms with Gasteiger partial charge in [-0.1, -0.05) is 0 Å². The second kappa shape index (κ2) is 4.25. The van der Waals surface area contributed by atoms with Crippen LogP contribution in [0, 0.1) is 0 Å². The van der Waals surface area contributed by atoms with Gasteiger partial charge < -0.3 is 19.7 Å². The average Bonchev–Trinajstić information content (AvgIpc) is 2.66. The van der Waals surface area contributed by atoms with E-state index in [0.29, 0.717) is 22.6 Å². The number of hydrogen-bond donors (Lipinski definition) is 2. The van der Waals surface area contributed by atoms with E-state index in [1.807, 2.05) is 0 Å². The smallest absolute Gasteiger partial charge is 0.311 e. The highest BCUT2D eigenvalue weighted by molar-refractivity contribution is 5.79. The fraction of sp³-hybridized carbons (Fsp3) is 0.417. The molecule has 5 heteroatoms. The van der Waals surface area contributed by atoms with Crippen molar-refractivity contribution in [2.75, 3.05) is 14.2 Å². The topological polar surface area (TPSA) is 76.0 Å². The summed E-state index contributed by atoms with van der Waals surface area (Å²) in [5.74, 6) is -0.654. The zero-order valence-electron chi connectivity index (χ0n) is 9.64. The van der Waals surface area contributed by atoms with E-state index >= 15 is 0 Å². The van der Waals surface area contributed by atoms with Crippen LogP contribution in [0.3, 0.4) is 0 Å². The zero-order chi connectivity index (χ0) is 12.6. The second-order valence-electron chi connectivity index (χ2n) is 3.97. The summed E-state index contributed by atoms with van der Waals surface area (Å²) in [6.07, 6.45) is -0.624. The first kappa shape index (κ1) is 11.7. The monoisotopic (exact) mass is 238 g/mol. The summed E-state index contributed by atoms with van der Waals surface area (Å²) in [5.41, 5.74) is 1.13. The Hall–Kier alpha value is -1.75. The van der Waals surface area contributed by atoms with Crippen LogP contribution in [0.25, 0.3) is 0 Å². The Bertz CT molecular complexity index is 454. The lowest BCUT2D eigenvalue weighted by Crippen LogP contribution is -2.08. The third kappa shape index (κ3) is 1.82. The number of fused-ring (bicyclic) bond motifs is 1. The summed E-state index contributed by atoms with van der Waals surface area (Å²) in [6, 6.07) is 3.29. The minimum atomic E-state index is -0.946. The Kier molecular flexibility index (Phi) is 2.93. The van der Waals surface area contributed by atoms with E-state index < -0.39 is 18.0 Å². The van der Waals surface area contributed by atoms with Gasteiger partial charge in [-0.3, -0.25) is 4.79 Å². The molecule has 0 fully saturated rings. The number of carboxylic acid groups (broad SMARTS) is 1. The number of rotatable bonds is 3. The molecule has 0 amide bonds. The SMILES string of the molecule is COc1cc(OC)c2c(c1)C(C(=O)O)CC2O. The summed E-state index contributed by atoms with van der Waals surface area (Å²) in [6.45, 7) is 0. The molecule has 0 aliphatic heterocycles. The molecule has 92 valence electrons. The number of ether oxygens (including phenoxy) is 2. The molecule has 17 heavy (non-hydrogen) atoms. The van der Waals surface area contributed by atoms with Gasteiger partial charge in [0.25, 0.3) is 0 Å². The number of aliphatic hydroxyl groups excluding tert-OH is 1. The second-order valence-corrected chi connectivity index (χ2v) is 3.97. The number of carboxylic acids is 1. The number of aliphatic carboxylic acids is 1. The molecule has 1 aromatic carbocycles. The van der Waals surface area contributed by atoms with Crippen molar-refractivity contribution >= 4 is 5.97 Å². The third-order valence-corrected chi connectivity index (χ3v) is 3.07. The van der Waals surface area contributed by atoms with Gasteiger partial charge in [0.15, 0.2) is 0 Å². The molecule has 2 N–H and O–H groups in total. The van der Waals surface area contributed by atoms with Crippen molar-refractivity contribution in [3.8, 4) is 11.5 Å². The molecule has 2 rings (SSSR count). The maximum Gasteiger partial charge on any atom is 0.311 e. The van der Waals surface area contributed by atoms with Crippen LogP contribution in [-0.2, 0) is 4.79 Å². The molecular weight excluding hydrogens is 224 g/mol. The highest BCUT2D eigenvalue weighted by Crippen LogP contribution is 2.46. The van der Waals surface area contributed by atoms with E-state index in [1.165, 1.54) is 14.2 Å². The molecule has 0 radical (unpaired) electrons. The van der Waals surface area contributed by atoms with Crippen molar-refractivity contribution < 1.29 is 24.5 Å². The van der Waals surface area contributed by atoms with Gasteiger partial charge in [0, 0.05) is 11.6 Å². The Morgan fingerprint density at radius 1 is 1.35 bits per heavy atom. The van der Waals surface area contributed by atoms with Crippen LogP contribution in [0.1, 0.15) is 29.6 Å². The van der Waals surface area contributed by atoms with Gasteiger partial charge in [0.2, 0.25) is 0 Å². The molecular formula is C12H14O5. The molecule has 0 aromatic heterocycles. The van der Waals surface area contributed by atoms with Crippen LogP contribution in [0.15, 0.2) is 12.1 Å². The van der Waals surface area contributed by atoms with Crippen molar-refractivity contribution in [1.82, 2.24) is 0 Å². The lowest BCUT2D eigenvalue weighted by atomic mass is 10.0. The van der Waals surface area contributed by atoms with E-state index in [-0.39, 0.29) is 6.42 Å². The molecule has 0 saturated carbocycles. The molecule has 0 heterocycles. The minimum Gasteiger partial charge on any atom is -0.497 e. The first-order valence-corrected chi connectivity index (χ1v) is 5.25. The maximum absolute atomic E-state index is 11.1. The molecule has 1 aliphatic rings. The summed E-state index contributed by atoms with van der Waals surface area (Å²) in [7, 11) is 2.98. The van der Waals surface area contributed by atoms with E-state index in [0.717, 1.165) is 0 Å². The number of hydrogen-bond acceptors (Lipinski definition) is 4. The highest BCUT2D eigenvalue weighted by Gasteiger charge is 2.37. The van der Waals surface area contributed by atoms with E-state index in [4.69, 9.17) is 14.6 Å². The van der Waals surface area contributed by atoms with Crippen LogP contribution in [0.2, 0.25) is 0 Å². The fourth-order valence-electron chi connectivity index (χ4n) is 2.26. The molecule has 0 saturated heterocycles. The number of methoxy groups -OCH3 is 2. The first-order valence-electron chi connectivity index (χ1n) is 5.25. The zero-order valence-corrected chi connectivity index (χ0v) is 9.64. The highest BCUT2D eigenvalue weighted by atomic mass is 16.5. The summed E-state index contributed by atoms with van der Waals surface area (Å²) >= 11 is 0. The molecule has 0 spiro atoms. The fourth-order valence-corrected chi connectivity index (χ4v) is 2.26. The molecule has 5 nitrogen and oxygen atoms in total. The van der Waals surface area contributed by atoms with Crippen LogP contribution >= 0.6 is 0 Å². The number of carbonyl (C=O) groups is 1. The quantitative estimate of drug-likeness (QED) is 0.830. The maximum atomic E-state index is 11.1. The predicted molar refractivity (Wildman–Crippen MR) is 59.5 cm³/mol. The van der Waals surface area contributed by atoms with Crippen LogP contribution in [-0.4, -0.2) is 30.4 Å². The predicted octanol–water partition coefficient (Wildman–Crippen LogP) is 1.31. The van der Waals surface area contributed by atoms with Gasteiger partial charge in [-0.25, -0.2) is 0 Å². The normalized spacial score (nSPS) is 22.1.